The molecule has 2 heterocycles. The van der Waals surface area contributed by atoms with Gasteiger partial charge in [-0.25, -0.2) is 4.79 Å². The number of carbonyl (C=O) groups is 2. The van der Waals surface area contributed by atoms with Crippen molar-refractivity contribution < 1.29 is 9.59 Å². The number of aliphatic imine (C=N–C) groups is 1. The van der Waals surface area contributed by atoms with Crippen LogP contribution in [-0.2, 0) is 4.79 Å². The van der Waals surface area contributed by atoms with E-state index in [1.165, 1.54) is 0 Å². The van der Waals surface area contributed by atoms with Crippen molar-refractivity contribution in [2.24, 2.45) is 16.8 Å². The van der Waals surface area contributed by atoms with Crippen LogP contribution in [0.5, 0.6) is 0 Å². The fourth-order valence-electron chi connectivity index (χ4n) is 4.05. The van der Waals surface area contributed by atoms with Gasteiger partial charge >= 0.3 is 6.03 Å². The Balaban J connectivity index is 1.79. The van der Waals surface area contributed by atoms with Gasteiger partial charge in [0.25, 0.3) is 5.91 Å². The maximum absolute atomic E-state index is 12.6. The minimum Gasteiger partial charge on any atom is -0.336 e. The van der Waals surface area contributed by atoms with Crippen LogP contribution in [0.15, 0.2) is 4.99 Å². The average Bonchev–Trinajstić information content (AvgIpc) is 3.02. The van der Waals surface area contributed by atoms with Gasteiger partial charge in [-0.2, -0.15) is 0 Å². The van der Waals surface area contributed by atoms with Crippen LogP contribution in [0.1, 0.15) is 33.6 Å². The first-order chi connectivity index (χ1) is 9.85. The van der Waals surface area contributed by atoms with Crippen LogP contribution in [-0.4, -0.2) is 59.3 Å². The highest BCUT2D eigenvalue weighted by atomic mass is 16.2. The van der Waals surface area contributed by atoms with Crippen molar-refractivity contribution in [2.45, 2.75) is 45.2 Å². The average molecular weight is 292 g/mol. The third kappa shape index (κ3) is 2.03. The highest BCUT2D eigenvalue weighted by molar-refractivity contribution is 6.07. The van der Waals surface area contributed by atoms with E-state index in [1.54, 1.807) is 11.9 Å². The van der Waals surface area contributed by atoms with E-state index in [1.807, 2.05) is 25.7 Å². The van der Waals surface area contributed by atoms with E-state index >= 15 is 0 Å². The maximum Gasteiger partial charge on any atom is 0.317 e. The number of hydrogen-bond donors (Lipinski definition) is 1. The second-order valence-electron chi connectivity index (χ2n) is 6.86. The Hall–Kier alpha value is -1.59. The summed E-state index contributed by atoms with van der Waals surface area (Å²) in [6.45, 7) is 7.19. The van der Waals surface area contributed by atoms with Crippen molar-refractivity contribution in [3.8, 4) is 0 Å². The Kier molecular flexibility index (Phi) is 3.22. The van der Waals surface area contributed by atoms with E-state index in [2.05, 4.69) is 5.32 Å². The molecule has 116 valence electrons. The summed E-state index contributed by atoms with van der Waals surface area (Å²) >= 11 is 0. The largest absolute Gasteiger partial charge is 0.336 e. The molecule has 1 aliphatic carbocycles. The molecule has 1 N–H and O–H groups in total. The Morgan fingerprint density at radius 1 is 1.43 bits per heavy atom. The lowest BCUT2D eigenvalue weighted by atomic mass is 9.85. The van der Waals surface area contributed by atoms with Crippen LogP contribution in [0, 0.1) is 11.8 Å². The van der Waals surface area contributed by atoms with Crippen LogP contribution < -0.4 is 5.32 Å². The van der Waals surface area contributed by atoms with E-state index in [0.717, 1.165) is 25.2 Å². The summed E-state index contributed by atoms with van der Waals surface area (Å²) in [5, 5.41) is 2.94. The Bertz CT molecular complexity index is 516. The minimum absolute atomic E-state index is 0.0194. The zero-order valence-corrected chi connectivity index (χ0v) is 13.2. The number of amides is 3. The third-order valence-electron chi connectivity index (χ3n) is 5.17. The second kappa shape index (κ2) is 4.71. The van der Waals surface area contributed by atoms with Gasteiger partial charge in [-0.15, -0.1) is 0 Å². The van der Waals surface area contributed by atoms with Crippen molar-refractivity contribution in [3.05, 3.63) is 0 Å². The highest BCUT2D eigenvalue weighted by Crippen LogP contribution is 2.49. The minimum atomic E-state index is -0.601. The monoisotopic (exact) mass is 292 g/mol. The fraction of sp³-hybridized carbons (Fsp3) is 0.800. The SMILES string of the molecule is CC1=N[C@@]2(CC[C@@H]3CN(C(=O)NC(C)C)C[C@@H]32)C(=O)N1C. The molecule has 3 rings (SSSR count). The molecule has 0 unspecified atom stereocenters. The van der Waals surface area contributed by atoms with Gasteiger partial charge in [0.05, 0.1) is 0 Å². The molecule has 6 heteroatoms. The number of fused-ring (bicyclic) bond motifs is 2. The number of nitrogens with one attached hydrogen (secondary N) is 1. The van der Waals surface area contributed by atoms with Gasteiger partial charge < -0.3 is 15.1 Å². The second-order valence-corrected chi connectivity index (χ2v) is 6.86. The van der Waals surface area contributed by atoms with Gasteiger partial charge in [0.2, 0.25) is 0 Å². The molecule has 1 saturated carbocycles. The third-order valence-corrected chi connectivity index (χ3v) is 5.17. The van der Waals surface area contributed by atoms with Gasteiger partial charge in [-0.05, 0) is 39.5 Å². The standard InChI is InChI=1S/C15H24N4O2/c1-9(2)16-14(21)19-7-11-5-6-15(12(11)8-19)13(20)18(4)10(3)17-15/h9,11-12H,5-8H2,1-4H3,(H,16,21)/t11-,12+,15-/m1/s1. The fourth-order valence-corrected chi connectivity index (χ4v) is 4.05. The Morgan fingerprint density at radius 3 is 2.71 bits per heavy atom. The zero-order valence-electron chi connectivity index (χ0n) is 13.2. The number of nitrogens with zero attached hydrogens (tertiary/aromatic N) is 3. The molecule has 1 spiro atoms. The van der Waals surface area contributed by atoms with Gasteiger partial charge in [0.15, 0.2) is 0 Å². The van der Waals surface area contributed by atoms with E-state index in [0.29, 0.717) is 12.5 Å². The van der Waals surface area contributed by atoms with Crippen molar-refractivity contribution in [2.75, 3.05) is 20.1 Å². The molecule has 0 radical (unpaired) electrons. The molecule has 3 aliphatic rings. The molecular weight excluding hydrogens is 268 g/mol. The zero-order chi connectivity index (χ0) is 15.4. The van der Waals surface area contributed by atoms with E-state index < -0.39 is 5.54 Å². The topological polar surface area (TPSA) is 65.0 Å². The highest BCUT2D eigenvalue weighted by Gasteiger charge is 2.60. The van der Waals surface area contributed by atoms with Crippen LogP contribution in [0.4, 0.5) is 4.79 Å². The smallest absolute Gasteiger partial charge is 0.317 e. The predicted molar refractivity (Wildman–Crippen MR) is 80.1 cm³/mol. The molecule has 2 fully saturated rings. The van der Waals surface area contributed by atoms with Crippen molar-refractivity contribution in [3.63, 3.8) is 0 Å². The number of urea groups is 1. The first-order valence-corrected chi connectivity index (χ1v) is 7.75. The molecule has 0 aromatic rings. The lowest BCUT2D eigenvalue weighted by Gasteiger charge is -2.27. The summed E-state index contributed by atoms with van der Waals surface area (Å²) < 4.78 is 0. The van der Waals surface area contributed by atoms with Gasteiger partial charge in [-0.3, -0.25) is 9.79 Å². The Morgan fingerprint density at radius 2 is 2.14 bits per heavy atom. The quantitative estimate of drug-likeness (QED) is 0.786. The molecular formula is C15H24N4O2. The first-order valence-electron chi connectivity index (χ1n) is 7.75. The van der Waals surface area contributed by atoms with Crippen molar-refractivity contribution in [1.82, 2.24) is 15.1 Å². The van der Waals surface area contributed by atoms with Crippen molar-refractivity contribution >= 4 is 17.8 Å². The van der Waals surface area contributed by atoms with Crippen LogP contribution in [0.3, 0.4) is 0 Å². The molecule has 2 aliphatic heterocycles. The molecule has 3 amide bonds. The lowest BCUT2D eigenvalue weighted by Crippen LogP contribution is -2.47. The number of hydrogen-bond acceptors (Lipinski definition) is 3. The number of likely N-dealkylation sites (tertiary alicyclic amines) is 1. The van der Waals surface area contributed by atoms with E-state index in [-0.39, 0.29) is 23.9 Å². The van der Waals surface area contributed by atoms with E-state index in [4.69, 9.17) is 4.99 Å². The molecule has 21 heavy (non-hydrogen) atoms. The number of rotatable bonds is 1. The summed E-state index contributed by atoms with van der Waals surface area (Å²) in [7, 11) is 1.79. The lowest BCUT2D eigenvalue weighted by molar-refractivity contribution is -0.131. The molecule has 0 bridgehead atoms. The van der Waals surface area contributed by atoms with Crippen LogP contribution in [0.2, 0.25) is 0 Å². The molecule has 6 nitrogen and oxygen atoms in total. The summed E-state index contributed by atoms with van der Waals surface area (Å²) in [5.74, 6) is 1.47. The molecule has 1 saturated heterocycles. The predicted octanol–water partition coefficient (Wildman–Crippen LogP) is 1.08. The summed E-state index contributed by atoms with van der Waals surface area (Å²) in [6.07, 6.45) is 1.80. The van der Waals surface area contributed by atoms with Gasteiger partial charge in [0.1, 0.15) is 11.4 Å². The van der Waals surface area contributed by atoms with E-state index in [9.17, 15) is 9.59 Å². The van der Waals surface area contributed by atoms with Crippen LogP contribution in [0.25, 0.3) is 0 Å². The number of carbonyl (C=O) groups excluding carboxylic acids is 2. The molecule has 3 atom stereocenters. The maximum atomic E-state index is 12.6. The molecule has 0 aromatic heterocycles. The number of amidine groups is 1. The summed E-state index contributed by atoms with van der Waals surface area (Å²) in [4.78, 5) is 33.0. The van der Waals surface area contributed by atoms with Gasteiger partial charge in [0, 0.05) is 32.1 Å². The first kappa shape index (κ1) is 14.4. The van der Waals surface area contributed by atoms with Crippen molar-refractivity contribution in [1.29, 1.82) is 0 Å². The summed E-state index contributed by atoms with van der Waals surface area (Å²) in [6, 6.07) is 0.112. The normalized spacial score (nSPS) is 34.9. The summed E-state index contributed by atoms with van der Waals surface area (Å²) in [5.41, 5.74) is -0.601. The van der Waals surface area contributed by atoms with Crippen LogP contribution >= 0.6 is 0 Å². The number of likely N-dealkylation sites (N-methyl/N-ethyl adjacent to an activating group) is 1. The van der Waals surface area contributed by atoms with Gasteiger partial charge in [-0.1, -0.05) is 0 Å². The Labute approximate surface area is 125 Å². The molecule has 0 aromatic carbocycles.